The number of nitrogens with zero attached hydrogens (tertiary/aromatic N) is 4. The van der Waals surface area contributed by atoms with E-state index in [-0.39, 0.29) is 0 Å². The Kier molecular flexibility index (Phi) is 2.97. The molecule has 0 spiro atoms. The predicted molar refractivity (Wildman–Crippen MR) is 73.9 cm³/mol. The molecule has 2 aromatic heterocycles. The van der Waals surface area contributed by atoms with Crippen molar-refractivity contribution in [2.75, 3.05) is 5.73 Å². The summed E-state index contributed by atoms with van der Waals surface area (Å²) in [5.74, 6) is 3.08. The third-order valence-electron chi connectivity index (χ3n) is 3.71. The summed E-state index contributed by atoms with van der Waals surface area (Å²) >= 11 is 0. The maximum Gasteiger partial charge on any atom is 0.134 e. The smallest absolute Gasteiger partial charge is 0.134 e. The van der Waals surface area contributed by atoms with E-state index in [9.17, 15) is 0 Å². The van der Waals surface area contributed by atoms with Crippen molar-refractivity contribution in [2.45, 2.75) is 45.6 Å². The molecule has 1 fully saturated rings. The van der Waals surface area contributed by atoms with Gasteiger partial charge in [-0.2, -0.15) is 0 Å². The van der Waals surface area contributed by atoms with Gasteiger partial charge in [-0.05, 0) is 26.7 Å². The minimum Gasteiger partial charge on any atom is -0.383 e. The van der Waals surface area contributed by atoms with E-state index in [1.165, 1.54) is 12.8 Å². The van der Waals surface area contributed by atoms with Crippen LogP contribution in [0, 0.1) is 6.92 Å². The Morgan fingerprint density at radius 1 is 1.37 bits per heavy atom. The van der Waals surface area contributed by atoms with E-state index >= 15 is 0 Å². The van der Waals surface area contributed by atoms with Crippen LogP contribution in [0.2, 0.25) is 0 Å². The lowest BCUT2D eigenvalue weighted by atomic mass is 10.1. The van der Waals surface area contributed by atoms with Crippen LogP contribution < -0.4 is 5.73 Å². The predicted octanol–water partition coefficient (Wildman–Crippen LogP) is 2.05. The molecule has 5 nitrogen and oxygen atoms in total. The van der Waals surface area contributed by atoms with Gasteiger partial charge in [0.1, 0.15) is 17.5 Å². The molecule has 1 aliphatic carbocycles. The maximum atomic E-state index is 6.01. The number of imidazole rings is 1. The fourth-order valence-corrected chi connectivity index (χ4v) is 2.24. The molecule has 5 heteroatoms. The molecule has 0 atom stereocenters. The van der Waals surface area contributed by atoms with Crippen LogP contribution in [0.15, 0.2) is 12.4 Å². The standard InChI is InChI=1S/C14H19N5/c1-3-19-7-6-16-12(19)8-11-9(2)13(15)18-14(17-11)10-4-5-10/h6-7,10H,3-5,8H2,1-2H3,(H2,15,17,18). The molecule has 0 unspecified atom stereocenters. The second kappa shape index (κ2) is 4.64. The first-order valence-corrected chi connectivity index (χ1v) is 6.82. The molecule has 0 aromatic carbocycles. The molecule has 0 radical (unpaired) electrons. The van der Waals surface area contributed by atoms with Gasteiger partial charge in [0.25, 0.3) is 0 Å². The van der Waals surface area contributed by atoms with E-state index in [1.54, 1.807) is 0 Å². The maximum absolute atomic E-state index is 6.01. The Hall–Kier alpha value is -1.91. The second-order valence-corrected chi connectivity index (χ2v) is 5.12. The van der Waals surface area contributed by atoms with Crippen molar-refractivity contribution in [3.8, 4) is 0 Å². The minimum absolute atomic E-state index is 0.521. The summed E-state index contributed by atoms with van der Waals surface area (Å²) in [5, 5.41) is 0. The molecule has 0 aliphatic heterocycles. The molecule has 2 N–H and O–H groups in total. The van der Waals surface area contributed by atoms with Gasteiger partial charge in [0.2, 0.25) is 0 Å². The Morgan fingerprint density at radius 2 is 2.16 bits per heavy atom. The quantitative estimate of drug-likeness (QED) is 0.910. The molecule has 0 amide bonds. The van der Waals surface area contributed by atoms with E-state index in [0.29, 0.717) is 11.7 Å². The van der Waals surface area contributed by atoms with Gasteiger partial charge in [0, 0.05) is 36.8 Å². The zero-order valence-corrected chi connectivity index (χ0v) is 11.4. The first kappa shape index (κ1) is 12.1. The van der Waals surface area contributed by atoms with Crippen molar-refractivity contribution in [3.63, 3.8) is 0 Å². The summed E-state index contributed by atoms with van der Waals surface area (Å²) in [7, 11) is 0. The first-order chi connectivity index (χ1) is 9.19. The highest BCUT2D eigenvalue weighted by atomic mass is 15.1. The van der Waals surface area contributed by atoms with E-state index in [4.69, 9.17) is 10.7 Å². The van der Waals surface area contributed by atoms with E-state index in [0.717, 1.165) is 35.9 Å². The van der Waals surface area contributed by atoms with Crippen LogP contribution in [0.25, 0.3) is 0 Å². The van der Waals surface area contributed by atoms with Gasteiger partial charge in [0.05, 0.1) is 5.69 Å². The average molecular weight is 257 g/mol. The SMILES string of the molecule is CCn1ccnc1Cc1nc(C2CC2)nc(N)c1C. The third kappa shape index (κ3) is 2.32. The molecule has 0 saturated heterocycles. The third-order valence-corrected chi connectivity index (χ3v) is 3.71. The van der Waals surface area contributed by atoms with Crippen LogP contribution >= 0.6 is 0 Å². The number of aromatic nitrogens is 4. The van der Waals surface area contributed by atoms with Gasteiger partial charge in [-0.3, -0.25) is 0 Å². The Balaban J connectivity index is 1.95. The first-order valence-electron chi connectivity index (χ1n) is 6.82. The Bertz CT molecular complexity index is 598. The van der Waals surface area contributed by atoms with Crippen LogP contribution in [-0.4, -0.2) is 19.5 Å². The number of nitrogens with two attached hydrogens (primary N) is 1. The molecule has 100 valence electrons. The molecule has 3 rings (SSSR count). The molecule has 19 heavy (non-hydrogen) atoms. The lowest BCUT2D eigenvalue weighted by Crippen LogP contribution is -2.10. The molecule has 1 aliphatic rings. The fraction of sp³-hybridized carbons (Fsp3) is 0.500. The molecule has 2 heterocycles. The number of rotatable bonds is 4. The van der Waals surface area contributed by atoms with E-state index in [1.807, 2.05) is 19.3 Å². The zero-order valence-electron chi connectivity index (χ0n) is 11.4. The van der Waals surface area contributed by atoms with Crippen molar-refractivity contribution in [1.29, 1.82) is 0 Å². The van der Waals surface area contributed by atoms with Crippen molar-refractivity contribution in [1.82, 2.24) is 19.5 Å². The number of hydrogen-bond acceptors (Lipinski definition) is 4. The highest BCUT2D eigenvalue weighted by Gasteiger charge is 2.28. The van der Waals surface area contributed by atoms with Crippen LogP contribution in [0.4, 0.5) is 5.82 Å². The molecular formula is C14H19N5. The Morgan fingerprint density at radius 3 is 2.84 bits per heavy atom. The monoisotopic (exact) mass is 257 g/mol. The largest absolute Gasteiger partial charge is 0.383 e. The second-order valence-electron chi connectivity index (χ2n) is 5.12. The van der Waals surface area contributed by atoms with Gasteiger partial charge < -0.3 is 10.3 Å². The zero-order chi connectivity index (χ0) is 13.4. The van der Waals surface area contributed by atoms with Crippen molar-refractivity contribution < 1.29 is 0 Å². The van der Waals surface area contributed by atoms with Crippen molar-refractivity contribution in [2.24, 2.45) is 0 Å². The lowest BCUT2D eigenvalue weighted by Gasteiger charge is -2.10. The summed E-state index contributed by atoms with van der Waals surface area (Å²) in [6.07, 6.45) is 6.92. The van der Waals surface area contributed by atoms with Crippen molar-refractivity contribution in [3.05, 3.63) is 35.3 Å². The summed E-state index contributed by atoms with van der Waals surface area (Å²) in [4.78, 5) is 13.5. The van der Waals surface area contributed by atoms with Crippen LogP contribution in [0.1, 0.15) is 48.6 Å². The van der Waals surface area contributed by atoms with Gasteiger partial charge in [0.15, 0.2) is 0 Å². The van der Waals surface area contributed by atoms with Crippen molar-refractivity contribution >= 4 is 5.82 Å². The van der Waals surface area contributed by atoms with Crippen LogP contribution in [0.5, 0.6) is 0 Å². The van der Waals surface area contributed by atoms with Gasteiger partial charge >= 0.3 is 0 Å². The van der Waals surface area contributed by atoms with E-state index < -0.39 is 0 Å². The topological polar surface area (TPSA) is 69.6 Å². The van der Waals surface area contributed by atoms with Crippen LogP contribution in [0.3, 0.4) is 0 Å². The summed E-state index contributed by atoms with van der Waals surface area (Å²) in [6.45, 7) is 5.02. The Labute approximate surface area is 112 Å². The number of hydrogen-bond donors (Lipinski definition) is 1. The van der Waals surface area contributed by atoms with Crippen LogP contribution in [-0.2, 0) is 13.0 Å². The molecular weight excluding hydrogens is 238 g/mol. The van der Waals surface area contributed by atoms with Gasteiger partial charge in [-0.25, -0.2) is 15.0 Å². The number of aryl methyl sites for hydroxylation is 1. The molecule has 1 saturated carbocycles. The summed E-state index contributed by atoms with van der Waals surface area (Å²) in [5.41, 5.74) is 8.00. The lowest BCUT2D eigenvalue weighted by molar-refractivity contribution is 0.704. The number of anilines is 1. The average Bonchev–Trinajstić information content (AvgIpc) is 3.15. The number of nitrogen functional groups attached to an aromatic ring is 1. The molecule has 0 bridgehead atoms. The van der Waals surface area contributed by atoms with E-state index in [2.05, 4.69) is 21.5 Å². The summed E-state index contributed by atoms with van der Waals surface area (Å²) in [6, 6.07) is 0. The molecule has 2 aromatic rings. The van der Waals surface area contributed by atoms with Gasteiger partial charge in [-0.15, -0.1) is 0 Å². The summed E-state index contributed by atoms with van der Waals surface area (Å²) < 4.78 is 2.13. The minimum atomic E-state index is 0.521. The highest BCUT2D eigenvalue weighted by molar-refractivity contribution is 5.42. The highest BCUT2D eigenvalue weighted by Crippen LogP contribution is 2.38. The van der Waals surface area contributed by atoms with Gasteiger partial charge in [-0.1, -0.05) is 0 Å². The fourth-order valence-electron chi connectivity index (χ4n) is 2.24. The normalized spacial score (nSPS) is 14.8.